The van der Waals surface area contributed by atoms with E-state index in [4.69, 9.17) is 4.74 Å². The van der Waals surface area contributed by atoms with E-state index in [9.17, 15) is 4.79 Å². The number of nitrogens with one attached hydrogen (secondary N) is 1. The van der Waals surface area contributed by atoms with Crippen molar-refractivity contribution in [2.45, 2.75) is 32.2 Å². The van der Waals surface area contributed by atoms with Gasteiger partial charge in [-0.1, -0.05) is 0 Å². The number of hydrogen-bond donors (Lipinski definition) is 1. The minimum atomic E-state index is -0.277. The Bertz CT molecular complexity index is 548. The zero-order valence-electron chi connectivity index (χ0n) is 13.3. The fourth-order valence-electron chi connectivity index (χ4n) is 4.06. The molecule has 1 saturated heterocycles. The molecule has 0 bridgehead atoms. The summed E-state index contributed by atoms with van der Waals surface area (Å²) in [5.74, 6) is 1.55. The first kappa shape index (κ1) is 14.3. The molecule has 3 fully saturated rings. The summed E-state index contributed by atoms with van der Waals surface area (Å²) in [4.78, 5) is 14.9. The van der Waals surface area contributed by atoms with Gasteiger partial charge in [0.05, 0.1) is 18.9 Å². The molecular formula is C16H24N4O2. The summed E-state index contributed by atoms with van der Waals surface area (Å²) in [7, 11) is 0. The summed E-state index contributed by atoms with van der Waals surface area (Å²) in [6.45, 7) is 8.39. The van der Waals surface area contributed by atoms with Crippen LogP contribution < -0.4 is 5.32 Å². The first-order valence-corrected chi connectivity index (χ1v) is 8.31. The van der Waals surface area contributed by atoms with Gasteiger partial charge in [-0.15, -0.1) is 5.10 Å². The molecule has 120 valence electrons. The Kier molecular flexibility index (Phi) is 3.34. The lowest BCUT2D eigenvalue weighted by molar-refractivity contribution is -0.116. The molecule has 6 heteroatoms. The highest BCUT2D eigenvalue weighted by molar-refractivity contribution is 6.45. The van der Waals surface area contributed by atoms with E-state index >= 15 is 0 Å². The maximum absolute atomic E-state index is 12.6. The second kappa shape index (κ2) is 5.13. The normalized spacial score (nSPS) is 33.8. The predicted octanol–water partition coefficient (Wildman–Crippen LogP) is 0.680. The van der Waals surface area contributed by atoms with Gasteiger partial charge >= 0.3 is 0 Å². The molecule has 0 aromatic rings. The molecule has 3 atom stereocenters. The Morgan fingerprint density at radius 2 is 2.09 bits per heavy atom. The zero-order valence-corrected chi connectivity index (χ0v) is 13.3. The van der Waals surface area contributed by atoms with Crippen LogP contribution in [0.4, 0.5) is 0 Å². The van der Waals surface area contributed by atoms with Gasteiger partial charge in [0.1, 0.15) is 5.71 Å². The van der Waals surface area contributed by atoms with Gasteiger partial charge in [-0.2, -0.15) is 5.10 Å². The third-order valence-electron chi connectivity index (χ3n) is 5.21. The topological polar surface area (TPSA) is 66.3 Å². The minimum Gasteiger partial charge on any atom is -0.379 e. The molecule has 2 aliphatic carbocycles. The van der Waals surface area contributed by atoms with Crippen molar-refractivity contribution in [3.63, 3.8) is 0 Å². The number of carbonyl (C=O) groups is 1. The third kappa shape index (κ3) is 2.58. The molecule has 0 spiro atoms. The van der Waals surface area contributed by atoms with Crippen LogP contribution in [-0.2, 0) is 9.53 Å². The Hall–Kier alpha value is -1.27. The maximum Gasteiger partial charge on any atom is 0.268 e. The monoisotopic (exact) mass is 304 g/mol. The van der Waals surface area contributed by atoms with Crippen LogP contribution >= 0.6 is 0 Å². The van der Waals surface area contributed by atoms with E-state index in [1.54, 1.807) is 0 Å². The molecule has 4 aliphatic rings. The average Bonchev–Trinajstić information content (AvgIpc) is 2.94. The van der Waals surface area contributed by atoms with Gasteiger partial charge in [-0.25, -0.2) is 0 Å². The molecular weight excluding hydrogens is 280 g/mol. The van der Waals surface area contributed by atoms with E-state index < -0.39 is 0 Å². The smallest absolute Gasteiger partial charge is 0.268 e. The van der Waals surface area contributed by atoms with E-state index in [1.807, 2.05) is 0 Å². The van der Waals surface area contributed by atoms with Crippen molar-refractivity contribution >= 4 is 17.3 Å². The number of nitrogens with zero attached hydrogens (tertiary/aromatic N) is 3. The summed E-state index contributed by atoms with van der Waals surface area (Å²) >= 11 is 0. The lowest BCUT2D eigenvalue weighted by Gasteiger charge is -2.35. The second-order valence-corrected chi connectivity index (χ2v) is 7.63. The predicted molar refractivity (Wildman–Crippen MR) is 84.1 cm³/mol. The van der Waals surface area contributed by atoms with Crippen molar-refractivity contribution in [1.29, 1.82) is 0 Å². The molecule has 1 N–H and O–H groups in total. The quantitative estimate of drug-likeness (QED) is 0.830. The molecule has 0 radical (unpaired) electrons. The van der Waals surface area contributed by atoms with E-state index in [2.05, 4.69) is 34.3 Å². The van der Waals surface area contributed by atoms with Crippen LogP contribution in [-0.4, -0.2) is 60.6 Å². The van der Waals surface area contributed by atoms with E-state index in [0.29, 0.717) is 11.6 Å². The summed E-state index contributed by atoms with van der Waals surface area (Å²) in [6.07, 6.45) is 2.32. The molecule has 3 unspecified atom stereocenters. The molecule has 2 aliphatic heterocycles. The van der Waals surface area contributed by atoms with Crippen LogP contribution in [0.2, 0.25) is 0 Å². The summed E-state index contributed by atoms with van der Waals surface area (Å²) in [6, 6.07) is 0. The standard InChI is InChI=1S/C16H24N4O2/c1-16(2,9-20-3-5-22-6-4-20)17-15(21)14-12-8-10-7-11(10)13(12)18-19-14/h10-12H,3-9H2,1-2H3,(H,17,21). The first-order chi connectivity index (χ1) is 10.5. The highest BCUT2D eigenvalue weighted by Gasteiger charge is 2.55. The lowest BCUT2D eigenvalue weighted by Crippen LogP contribution is -2.55. The number of hydrogen-bond acceptors (Lipinski definition) is 5. The number of morpholine rings is 1. The van der Waals surface area contributed by atoms with Crippen LogP contribution in [0, 0.1) is 17.8 Å². The maximum atomic E-state index is 12.6. The van der Waals surface area contributed by atoms with Crippen molar-refractivity contribution in [3.8, 4) is 0 Å². The Morgan fingerprint density at radius 3 is 2.86 bits per heavy atom. The molecule has 1 amide bonds. The molecule has 6 nitrogen and oxygen atoms in total. The summed E-state index contributed by atoms with van der Waals surface area (Å²) in [5, 5.41) is 11.6. The zero-order chi connectivity index (χ0) is 15.3. The van der Waals surface area contributed by atoms with Gasteiger partial charge in [0.2, 0.25) is 0 Å². The number of fused-ring (bicyclic) bond motifs is 3. The van der Waals surface area contributed by atoms with Crippen LogP contribution in [0.1, 0.15) is 26.7 Å². The number of carbonyl (C=O) groups excluding carboxylic acids is 1. The van der Waals surface area contributed by atoms with Gasteiger partial charge < -0.3 is 10.1 Å². The van der Waals surface area contributed by atoms with Crippen LogP contribution in [0.3, 0.4) is 0 Å². The molecule has 22 heavy (non-hydrogen) atoms. The second-order valence-electron chi connectivity index (χ2n) is 7.63. The number of rotatable bonds is 4. The highest BCUT2D eigenvalue weighted by Crippen LogP contribution is 2.54. The molecule has 0 aromatic carbocycles. The molecule has 2 saturated carbocycles. The first-order valence-electron chi connectivity index (χ1n) is 8.31. The number of amides is 1. The van der Waals surface area contributed by atoms with Crippen LogP contribution in [0.25, 0.3) is 0 Å². The Morgan fingerprint density at radius 1 is 1.32 bits per heavy atom. The fraction of sp³-hybridized carbons (Fsp3) is 0.812. The van der Waals surface area contributed by atoms with Gasteiger partial charge in [0.15, 0.2) is 0 Å². The van der Waals surface area contributed by atoms with Crippen molar-refractivity contribution in [2.75, 3.05) is 32.8 Å². The minimum absolute atomic E-state index is 0.0386. The highest BCUT2D eigenvalue weighted by atomic mass is 16.5. The fourth-order valence-corrected chi connectivity index (χ4v) is 4.06. The SMILES string of the molecule is CC(C)(CN1CCOCC1)NC(=O)C1=NN=C2C1CC1CC21. The van der Waals surface area contributed by atoms with Crippen molar-refractivity contribution in [3.05, 3.63) is 0 Å². The molecule has 0 aromatic heterocycles. The van der Waals surface area contributed by atoms with Gasteiger partial charge in [0.25, 0.3) is 5.91 Å². The average molecular weight is 304 g/mol. The Labute approximate surface area is 131 Å². The van der Waals surface area contributed by atoms with Crippen LogP contribution in [0.5, 0.6) is 0 Å². The van der Waals surface area contributed by atoms with E-state index in [1.165, 1.54) is 12.1 Å². The van der Waals surface area contributed by atoms with Crippen molar-refractivity contribution < 1.29 is 9.53 Å². The summed E-state index contributed by atoms with van der Waals surface area (Å²) in [5.41, 5.74) is 1.53. The van der Waals surface area contributed by atoms with Crippen molar-refractivity contribution in [2.24, 2.45) is 28.0 Å². The Balaban J connectivity index is 1.35. The van der Waals surface area contributed by atoms with Gasteiger partial charge in [0, 0.05) is 37.0 Å². The number of ether oxygens (including phenoxy) is 1. The largest absolute Gasteiger partial charge is 0.379 e. The van der Waals surface area contributed by atoms with Crippen molar-refractivity contribution in [1.82, 2.24) is 10.2 Å². The van der Waals surface area contributed by atoms with Gasteiger partial charge in [-0.05, 0) is 32.6 Å². The van der Waals surface area contributed by atoms with Crippen LogP contribution in [0.15, 0.2) is 10.2 Å². The molecule has 2 heterocycles. The van der Waals surface area contributed by atoms with E-state index in [0.717, 1.165) is 45.2 Å². The van der Waals surface area contributed by atoms with E-state index in [-0.39, 0.29) is 17.4 Å². The summed E-state index contributed by atoms with van der Waals surface area (Å²) < 4.78 is 5.37. The molecule has 4 rings (SSSR count). The van der Waals surface area contributed by atoms with Gasteiger partial charge in [-0.3, -0.25) is 9.69 Å². The third-order valence-corrected chi connectivity index (χ3v) is 5.21. The lowest BCUT2D eigenvalue weighted by atomic mass is 9.95.